The SMILES string of the molecule is Cc1ccc(C(C)NCC(=O)N2CCOCC2)o1. The third-order valence-corrected chi connectivity index (χ3v) is 3.11. The van der Waals surface area contributed by atoms with Crippen LogP contribution >= 0.6 is 0 Å². The number of amides is 1. The van der Waals surface area contributed by atoms with Crippen LogP contribution in [0.1, 0.15) is 24.5 Å². The maximum atomic E-state index is 11.9. The van der Waals surface area contributed by atoms with Gasteiger partial charge in [-0.3, -0.25) is 10.1 Å². The standard InChI is InChI=1S/C13H20N2O3/c1-10-3-4-12(18-10)11(2)14-9-13(16)15-5-7-17-8-6-15/h3-4,11,14H,5-9H2,1-2H3. The van der Waals surface area contributed by atoms with Gasteiger partial charge in [0.15, 0.2) is 0 Å². The summed E-state index contributed by atoms with van der Waals surface area (Å²) in [5, 5.41) is 3.18. The van der Waals surface area contributed by atoms with Crippen molar-refractivity contribution in [2.75, 3.05) is 32.8 Å². The van der Waals surface area contributed by atoms with Crippen LogP contribution in [0.5, 0.6) is 0 Å². The summed E-state index contributed by atoms with van der Waals surface area (Å²) in [5.41, 5.74) is 0. The van der Waals surface area contributed by atoms with E-state index in [1.165, 1.54) is 0 Å². The molecule has 0 spiro atoms. The molecule has 1 aromatic heterocycles. The van der Waals surface area contributed by atoms with Crippen molar-refractivity contribution in [2.24, 2.45) is 0 Å². The van der Waals surface area contributed by atoms with Crippen molar-refractivity contribution in [1.29, 1.82) is 0 Å². The van der Waals surface area contributed by atoms with E-state index in [0.717, 1.165) is 11.5 Å². The zero-order valence-electron chi connectivity index (χ0n) is 10.9. The largest absolute Gasteiger partial charge is 0.465 e. The minimum atomic E-state index is 0.0451. The van der Waals surface area contributed by atoms with Crippen LogP contribution < -0.4 is 5.32 Å². The third-order valence-electron chi connectivity index (χ3n) is 3.11. The molecule has 1 aliphatic rings. The van der Waals surface area contributed by atoms with Crippen LogP contribution in [0.25, 0.3) is 0 Å². The molecule has 18 heavy (non-hydrogen) atoms. The summed E-state index contributed by atoms with van der Waals surface area (Å²) in [5.74, 6) is 1.87. The zero-order chi connectivity index (χ0) is 13.0. The first-order chi connectivity index (χ1) is 8.66. The summed E-state index contributed by atoms with van der Waals surface area (Å²) in [4.78, 5) is 13.7. The van der Waals surface area contributed by atoms with E-state index in [1.54, 1.807) is 0 Å². The van der Waals surface area contributed by atoms with Gasteiger partial charge in [0.1, 0.15) is 11.5 Å². The Morgan fingerprint density at radius 2 is 2.17 bits per heavy atom. The minimum absolute atomic E-state index is 0.0451. The number of furan rings is 1. The lowest BCUT2D eigenvalue weighted by Gasteiger charge is -2.27. The highest BCUT2D eigenvalue weighted by atomic mass is 16.5. The fraction of sp³-hybridized carbons (Fsp3) is 0.615. The molecule has 1 aromatic rings. The van der Waals surface area contributed by atoms with Crippen LogP contribution in [-0.4, -0.2) is 43.7 Å². The molecule has 5 heteroatoms. The maximum Gasteiger partial charge on any atom is 0.236 e. The molecule has 0 aliphatic carbocycles. The molecule has 5 nitrogen and oxygen atoms in total. The molecule has 1 atom stereocenters. The number of carbonyl (C=O) groups excluding carboxylic acids is 1. The quantitative estimate of drug-likeness (QED) is 0.871. The van der Waals surface area contributed by atoms with E-state index in [4.69, 9.17) is 9.15 Å². The maximum absolute atomic E-state index is 11.9. The summed E-state index contributed by atoms with van der Waals surface area (Å²) in [6, 6.07) is 3.91. The molecule has 100 valence electrons. The average molecular weight is 252 g/mol. The minimum Gasteiger partial charge on any atom is -0.465 e. The number of carbonyl (C=O) groups is 1. The van der Waals surface area contributed by atoms with E-state index in [1.807, 2.05) is 30.9 Å². The molecule has 1 unspecified atom stereocenters. The van der Waals surface area contributed by atoms with Crippen molar-refractivity contribution >= 4 is 5.91 Å². The van der Waals surface area contributed by atoms with Gasteiger partial charge in [0.25, 0.3) is 0 Å². The van der Waals surface area contributed by atoms with E-state index in [9.17, 15) is 4.79 Å². The Labute approximate surface area is 107 Å². The second kappa shape index (κ2) is 6.02. The first-order valence-corrected chi connectivity index (χ1v) is 6.32. The van der Waals surface area contributed by atoms with E-state index >= 15 is 0 Å². The van der Waals surface area contributed by atoms with Crippen LogP contribution in [0.2, 0.25) is 0 Å². The van der Waals surface area contributed by atoms with Crippen molar-refractivity contribution in [3.8, 4) is 0 Å². The van der Waals surface area contributed by atoms with Crippen LogP contribution in [0.3, 0.4) is 0 Å². The van der Waals surface area contributed by atoms with E-state index in [2.05, 4.69) is 5.32 Å². The molecular weight excluding hydrogens is 232 g/mol. The first kappa shape index (κ1) is 13.1. The Morgan fingerprint density at radius 3 is 2.78 bits per heavy atom. The fourth-order valence-electron chi connectivity index (χ4n) is 1.95. The average Bonchev–Trinajstić information content (AvgIpc) is 2.83. The number of nitrogens with zero attached hydrogens (tertiary/aromatic N) is 1. The Kier molecular flexibility index (Phi) is 4.38. The van der Waals surface area contributed by atoms with E-state index in [0.29, 0.717) is 32.8 Å². The summed E-state index contributed by atoms with van der Waals surface area (Å²) >= 11 is 0. The van der Waals surface area contributed by atoms with Crippen molar-refractivity contribution in [1.82, 2.24) is 10.2 Å². The monoisotopic (exact) mass is 252 g/mol. The molecule has 2 rings (SSSR count). The Balaban J connectivity index is 1.78. The van der Waals surface area contributed by atoms with Crippen LogP contribution in [-0.2, 0) is 9.53 Å². The summed E-state index contributed by atoms with van der Waals surface area (Å²) in [6.07, 6.45) is 0. The van der Waals surface area contributed by atoms with Gasteiger partial charge in [0.2, 0.25) is 5.91 Å². The number of rotatable bonds is 4. The zero-order valence-corrected chi connectivity index (χ0v) is 10.9. The van der Waals surface area contributed by atoms with Crippen molar-refractivity contribution in [3.63, 3.8) is 0 Å². The van der Waals surface area contributed by atoms with Crippen LogP contribution in [0.15, 0.2) is 16.5 Å². The smallest absolute Gasteiger partial charge is 0.236 e. The van der Waals surface area contributed by atoms with Crippen LogP contribution in [0.4, 0.5) is 0 Å². The van der Waals surface area contributed by atoms with Crippen LogP contribution in [0, 0.1) is 6.92 Å². The van der Waals surface area contributed by atoms with Gasteiger partial charge < -0.3 is 14.1 Å². The lowest BCUT2D eigenvalue weighted by molar-refractivity contribution is -0.134. The van der Waals surface area contributed by atoms with Crippen molar-refractivity contribution in [2.45, 2.75) is 19.9 Å². The molecule has 1 fully saturated rings. The second-order valence-corrected chi connectivity index (χ2v) is 4.54. The Morgan fingerprint density at radius 1 is 1.44 bits per heavy atom. The highest BCUT2D eigenvalue weighted by Gasteiger charge is 2.18. The first-order valence-electron chi connectivity index (χ1n) is 6.32. The van der Waals surface area contributed by atoms with Gasteiger partial charge in [-0.1, -0.05) is 0 Å². The summed E-state index contributed by atoms with van der Waals surface area (Å²) in [7, 11) is 0. The van der Waals surface area contributed by atoms with Crippen molar-refractivity contribution in [3.05, 3.63) is 23.7 Å². The number of aryl methyl sites for hydroxylation is 1. The molecule has 0 radical (unpaired) electrons. The van der Waals surface area contributed by atoms with E-state index < -0.39 is 0 Å². The molecule has 1 amide bonds. The molecule has 0 saturated carbocycles. The molecular formula is C13H20N2O3. The number of hydrogen-bond acceptors (Lipinski definition) is 4. The molecule has 0 aromatic carbocycles. The molecule has 0 bridgehead atoms. The topological polar surface area (TPSA) is 54.7 Å². The molecule has 1 N–H and O–H groups in total. The highest BCUT2D eigenvalue weighted by molar-refractivity contribution is 5.78. The lowest BCUT2D eigenvalue weighted by Crippen LogP contribution is -2.45. The molecule has 1 saturated heterocycles. The van der Waals surface area contributed by atoms with Gasteiger partial charge in [-0.25, -0.2) is 0 Å². The van der Waals surface area contributed by atoms with Gasteiger partial charge in [-0.05, 0) is 26.0 Å². The normalized spacial score (nSPS) is 17.8. The molecule has 2 heterocycles. The fourth-order valence-corrected chi connectivity index (χ4v) is 1.95. The van der Waals surface area contributed by atoms with Crippen molar-refractivity contribution < 1.29 is 13.9 Å². The molecule has 1 aliphatic heterocycles. The summed E-state index contributed by atoms with van der Waals surface area (Å²) in [6.45, 7) is 6.89. The van der Waals surface area contributed by atoms with Gasteiger partial charge in [0, 0.05) is 13.1 Å². The number of morpholine rings is 1. The number of ether oxygens (including phenoxy) is 1. The van der Waals surface area contributed by atoms with Gasteiger partial charge in [-0.15, -0.1) is 0 Å². The van der Waals surface area contributed by atoms with Gasteiger partial charge in [-0.2, -0.15) is 0 Å². The predicted octanol–water partition coefficient (Wildman–Crippen LogP) is 1.10. The van der Waals surface area contributed by atoms with Gasteiger partial charge in [0.05, 0.1) is 25.8 Å². The second-order valence-electron chi connectivity index (χ2n) is 4.54. The Bertz CT molecular complexity index is 397. The number of nitrogens with one attached hydrogen (secondary N) is 1. The predicted molar refractivity (Wildman–Crippen MR) is 67.3 cm³/mol. The van der Waals surface area contributed by atoms with Gasteiger partial charge >= 0.3 is 0 Å². The lowest BCUT2D eigenvalue weighted by atomic mass is 10.2. The van der Waals surface area contributed by atoms with E-state index in [-0.39, 0.29) is 11.9 Å². The number of hydrogen-bond donors (Lipinski definition) is 1. The Hall–Kier alpha value is -1.33. The highest BCUT2D eigenvalue weighted by Crippen LogP contribution is 2.15. The summed E-state index contributed by atoms with van der Waals surface area (Å²) < 4.78 is 10.7. The third kappa shape index (κ3) is 3.34.